The number of benzene rings is 1. The lowest BCUT2D eigenvalue weighted by molar-refractivity contribution is -0.0130. The van der Waals surface area contributed by atoms with E-state index in [1.165, 1.54) is 6.07 Å². The lowest BCUT2D eigenvalue weighted by Gasteiger charge is -2.34. The molecule has 202 valence electrons. The molecule has 0 amide bonds. The van der Waals surface area contributed by atoms with Crippen molar-refractivity contribution in [3.63, 3.8) is 0 Å². The fourth-order valence-electron chi connectivity index (χ4n) is 6.08. The van der Waals surface area contributed by atoms with Crippen LogP contribution < -0.4 is 15.0 Å². The van der Waals surface area contributed by atoms with Gasteiger partial charge in [0.05, 0.1) is 36.5 Å². The van der Waals surface area contributed by atoms with Gasteiger partial charge in [-0.15, -0.1) is 0 Å². The van der Waals surface area contributed by atoms with E-state index in [0.29, 0.717) is 41.4 Å². The Morgan fingerprint density at radius 2 is 1.82 bits per heavy atom. The summed E-state index contributed by atoms with van der Waals surface area (Å²) in [5.41, 5.74) is 3.33. The predicted octanol–water partition coefficient (Wildman–Crippen LogP) is 2.62. The maximum Gasteiger partial charge on any atom is 0.193 e. The molecule has 3 N–H and O–H groups in total. The molecule has 5 atom stereocenters. The fourth-order valence-corrected chi connectivity index (χ4v) is 6.08. The number of aliphatic hydroxyl groups is 1. The highest BCUT2D eigenvalue weighted by Gasteiger charge is 2.48. The number of hydrogen-bond acceptors (Lipinski definition) is 8. The molecule has 38 heavy (non-hydrogen) atoms. The number of aromatic amines is 1. The van der Waals surface area contributed by atoms with E-state index in [9.17, 15) is 5.11 Å². The maximum atomic E-state index is 15.1. The van der Waals surface area contributed by atoms with Crippen LogP contribution in [0.25, 0.3) is 22.3 Å². The van der Waals surface area contributed by atoms with Crippen molar-refractivity contribution in [2.24, 2.45) is 0 Å². The molecule has 2 aromatic heterocycles. The Labute approximate surface area is 220 Å². The molecule has 0 spiro atoms. The molecule has 10 heteroatoms. The molecule has 4 aliphatic rings. The number of fused-ring (bicyclic) bond motifs is 2. The molecule has 1 unspecified atom stereocenters. The number of rotatable bonds is 6. The van der Waals surface area contributed by atoms with Gasteiger partial charge in [0, 0.05) is 43.0 Å². The highest BCUT2D eigenvalue weighted by Crippen LogP contribution is 2.32. The SMILES string of the molecule is O[C@@H]1CO[C@H]2[C@@H]1OC[C@H]2Oc1cc2nc(-c3ccc(N4CCC(OC5CCNC5)CC4)cc3)c(F)cc2[nH]1. The summed E-state index contributed by atoms with van der Waals surface area (Å²) in [5.74, 6) is 0.0692. The Morgan fingerprint density at radius 1 is 1.00 bits per heavy atom. The van der Waals surface area contributed by atoms with E-state index in [1.807, 2.05) is 24.3 Å². The second kappa shape index (κ2) is 10.1. The Morgan fingerprint density at radius 3 is 2.61 bits per heavy atom. The summed E-state index contributed by atoms with van der Waals surface area (Å²) in [6.45, 7) is 4.48. The molecule has 4 saturated heterocycles. The number of anilines is 1. The normalized spacial score (nSPS) is 29.8. The van der Waals surface area contributed by atoms with Gasteiger partial charge in [-0.2, -0.15) is 0 Å². The van der Waals surface area contributed by atoms with Gasteiger partial charge < -0.3 is 39.3 Å². The molecule has 0 radical (unpaired) electrons. The standard InChI is InChI=1S/C28H33FN4O5/c29-20-11-21-22(12-25(31-21)38-24-15-36-27-23(34)14-35-28(24)27)32-26(20)16-1-3-17(4-2-16)33-9-6-18(7-10-33)37-19-5-8-30-13-19/h1-4,11-12,18-19,23-24,27-28,30-31,34H,5-10,13-15H2/t19?,23-,24-,27-,28-/m1/s1. The largest absolute Gasteiger partial charge is 0.470 e. The van der Waals surface area contributed by atoms with Gasteiger partial charge >= 0.3 is 0 Å². The first kappa shape index (κ1) is 24.3. The number of nitrogens with zero attached hydrogens (tertiary/aromatic N) is 2. The lowest BCUT2D eigenvalue weighted by atomic mass is 10.0. The monoisotopic (exact) mass is 524 g/mol. The van der Waals surface area contributed by atoms with Crippen LogP contribution in [-0.4, -0.2) is 91.1 Å². The third-order valence-corrected chi connectivity index (χ3v) is 8.14. The zero-order chi connectivity index (χ0) is 25.6. The molecular weight excluding hydrogens is 491 g/mol. The summed E-state index contributed by atoms with van der Waals surface area (Å²) < 4.78 is 38.6. The number of aromatic nitrogens is 2. The molecule has 0 bridgehead atoms. The highest BCUT2D eigenvalue weighted by atomic mass is 19.1. The molecule has 9 nitrogen and oxygen atoms in total. The van der Waals surface area contributed by atoms with E-state index in [-0.39, 0.29) is 24.9 Å². The van der Waals surface area contributed by atoms with Crippen molar-refractivity contribution in [2.75, 3.05) is 44.3 Å². The second-order valence-electron chi connectivity index (χ2n) is 10.7. The van der Waals surface area contributed by atoms with E-state index in [4.69, 9.17) is 18.9 Å². The quantitative estimate of drug-likeness (QED) is 0.453. The third kappa shape index (κ3) is 4.65. The first-order valence-electron chi connectivity index (χ1n) is 13.6. The molecule has 3 aromatic rings. The average Bonchev–Trinajstić information content (AvgIpc) is 3.72. The van der Waals surface area contributed by atoms with Crippen LogP contribution in [-0.2, 0) is 14.2 Å². The van der Waals surface area contributed by atoms with Gasteiger partial charge in [-0.25, -0.2) is 9.37 Å². The van der Waals surface area contributed by atoms with E-state index in [1.54, 1.807) is 6.07 Å². The van der Waals surface area contributed by atoms with Gasteiger partial charge in [0.15, 0.2) is 17.8 Å². The Hall–Kier alpha value is -2.76. The number of hydrogen-bond donors (Lipinski definition) is 3. The molecule has 0 saturated carbocycles. The smallest absolute Gasteiger partial charge is 0.193 e. The Balaban J connectivity index is 1.02. The molecule has 1 aromatic carbocycles. The maximum absolute atomic E-state index is 15.1. The number of pyridine rings is 1. The topological polar surface area (TPSA) is 101 Å². The van der Waals surface area contributed by atoms with Crippen molar-refractivity contribution in [3.8, 4) is 17.1 Å². The highest BCUT2D eigenvalue weighted by molar-refractivity contribution is 5.81. The summed E-state index contributed by atoms with van der Waals surface area (Å²) in [6.07, 6.45) is 2.14. The van der Waals surface area contributed by atoms with Crippen LogP contribution in [0.4, 0.5) is 10.1 Å². The first-order valence-corrected chi connectivity index (χ1v) is 13.6. The van der Waals surface area contributed by atoms with Crippen molar-refractivity contribution in [1.29, 1.82) is 0 Å². The number of H-pyrrole nitrogens is 1. The zero-order valence-electron chi connectivity index (χ0n) is 21.1. The minimum Gasteiger partial charge on any atom is -0.470 e. The van der Waals surface area contributed by atoms with Crippen molar-refractivity contribution >= 4 is 16.7 Å². The molecular formula is C28H33FN4O5. The van der Waals surface area contributed by atoms with Crippen LogP contribution in [0.5, 0.6) is 5.88 Å². The van der Waals surface area contributed by atoms with Crippen LogP contribution in [0.1, 0.15) is 19.3 Å². The van der Waals surface area contributed by atoms with Gasteiger partial charge in [0.1, 0.15) is 24.0 Å². The van der Waals surface area contributed by atoms with Gasteiger partial charge in [0.2, 0.25) is 0 Å². The summed E-state index contributed by atoms with van der Waals surface area (Å²) in [4.78, 5) is 10.1. The second-order valence-corrected chi connectivity index (χ2v) is 10.7. The number of piperidine rings is 1. The van der Waals surface area contributed by atoms with E-state index in [0.717, 1.165) is 56.7 Å². The van der Waals surface area contributed by atoms with Crippen LogP contribution >= 0.6 is 0 Å². The van der Waals surface area contributed by atoms with Crippen LogP contribution in [0.3, 0.4) is 0 Å². The minimum atomic E-state index is -0.638. The van der Waals surface area contributed by atoms with Gasteiger partial charge in [-0.05, 0) is 37.9 Å². The van der Waals surface area contributed by atoms with Crippen molar-refractivity contribution < 1.29 is 28.4 Å². The van der Waals surface area contributed by atoms with Crippen LogP contribution in [0, 0.1) is 5.82 Å². The number of nitrogens with one attached hydrogen (secondary N) is 2. The molecule has 4 fully saturated rings. The number of halogens is 1. The van der Waals surface area contributed by atoms with Crippen molar-refractivity contribution in [1.82, 2.24) is 15.3 Å². The van der Waals surface area contributed by atoms with E-state index >= 15 is 4.39 Å². The minimum absolute atomic E-state index is 0.238. The summed E-state index contributed by atoms with van der Waals surface area (Å²) in [6, 6.07) is 11.2. The molecule has 6 heterocycles. The zero-order valence-corrected chi connectivity index (χ0v) is 21.1. The number of aliphatic hydroxyl groups excluding tert-OH is 1. The number of ether oxygens (including phenoxy) is 4. The Kier molecular flexibility index (Phi) is 6.45. The summed E-state index contributed by atoms with van der Waals surface area (Å²) in [7, 11) is 0. The van der Waals surface area contributed by atoms with Gasteiger partial charge in [0.25, 0.3) is 0 Å². The van der Waals surface area contributed by atoms with Crippen LogP contribution in [0.15, 0.2) is 36.4 Å². The first-order chi connectivity index (χ1) is 18.6. The lowest BCUT2D eigenvalue weighted by Crippen LogP contribution is -2.38. The van der Waals surface area contributed by atoms with Gasteiger partial charge in [-0.3, -0.25) is 0 Å². The summed E-state index contributed by atoms with van der Waals surface area (Å²) in [5, 5.41) is 13.3. The molecule has 7 rings (SSSR count). The Bertz CT molecular complexity index is 1270. The predicted molar refractivity (Wildman–Crippen MR) is 139 cm³/mol. The van der Waals surface area contributed by atoms with E-state index < -0.39 is 11.9 Å². The van der Waals surface area contributed by atoms with Crippen LogP contribution in [0.2, 0.25) is 0 Å². The average molecular weight is 525 g/mol. The third-order valence-electron chi connectivity index (χ3n) is 8.14. The fraction of sp³-hybridized carbons (Fsp3) is 0.536. The molecule has 4 aliphatic heterocycles. The van der Waals surface area contributed by atoms with Gasteiger partial charge in [-0.1, -0.05) is 12.1 Å². The van der Waals surface area contributed by atoms with Crippen molar-refractivity contribution in [2.45, 2.75) is 55.9 Å². The summed E-state index contributed by atoms with van der Waals surface area (Å²) >= 11 is 0. The van der Waals surface area contributed by atoms with E-state index in [2.05, 4.69) is 20.2 Å². The van der Waals surface area contributed by atoms with Crippen molar-refractivity contribution in [3.05, 3.63) is 42.2 Å². The molecule has 0 aliphatic carbocycles.